The molecule has 0 aliphatic heterocycles. The lowest BCUT2D eigenvalue weighted by Gasteiger charge is -2.08. The first kappa shape index (κ1) is 14.2. The Labute approximate surface area is 121 Å². The van der Waals surface area contributed by atoms with Crippen LogP contribution in [-0.2, 0) is 6.42 Å². The molecule has 1 aromatic carbocycles. The molecule has 3 nitrogen and oxygen atoms in total. The molecule has 1 heterocycles. The third kappa shape index (κ3) is 3.64. The van der Waals surface area contributed by atoms with Gasteiger partial charge < -0.3 is 0 Å². The number of carbonyl (C=O) groups is 1. The number of hydrogen-bond donors (Lipinski definition) is 0. The Bertz CT molecular complexity index is 563. The Morgan fingerprint density at radius 1 is 1.32 bits per heavy atom. The van der Waals surface area contributed by atoms with Crippen LogP contribution in [0.3, 0.4) is 0 Å². The highest BCUT2D eigenvalue weighted by Gasteiger charge is 2.18. The van der Waals surface area contributed by atoms with E-state index in [0.29, 0.717) is 0 Å². The van der Waals surface area contributed by atoms with E-state index in [1.54, 1.807) is 0 Å². The van der Waals surface area contributed by atoms with Crippen LogP contribution < -0.4 is 0 Å². The van der Waals surface area contributed by atoms with Gasteiger partial charge in [-0.1, -0.05) is 54.3 Å². The summed E-state index contributed by atoms with van der Waals surface area (Å²) in [5, 5.41) is 8.79. The fraction of sp³-hybridized carbons (Fsp3) is 0.357. The van der Waals surface area contributed by atoms with Crippen LogP contribution in [0.5, 0.6) is 0 Å². The van der Waals surface area contributed by atoms with Crippen LogP contribution in [0.4, 0.5) is 0 Å². The van der Waals surface area contributed by atoms with Gasteiger partial charge in [-0.05, 0) is 25.8 Å². The molecule has 1 aromatic heterocycles. The average Bonchev–Trinajstić information content (AvgIpc) is 2.83. The largest absolute Gasteiger partial charge is 0.293 e. The number of rotatable bonds is 5. The molecule has 2 rings (SSSR count). The number of aromatic nitrogens is 2. The number of Topliss-reactive ketones (excluding diaryl/α,β-unsaturated/α-hetero) is 1. The molecule has 0 aliphatic carbocycles. The van der Waals surface area contributed by atoms with Crippen molar-refractivity contribution in [1.29, 1.82) is 0 Å². The minimum Gasteiger partial charge on any atom is -0.293 e. The van der Waals surface area contributed by atoms with Gasteiger partial charge in [-0.3, -0.25) is 4.79 Å². The first-order valence-electron chi connectivity index (χ1n) is 6.20. The topological polar surface area (TPSA) is 42.9 Å². The molecule has 0 fully saturated rings. The fourth-order valence-corrected chi connectivity index (χ4v) is 3.71. The lowest BCUT2D eigenvalue weighted by Crippen LogP contribution is -2.13. The van der Waals surface area contributed by atoms with E-state index in [9.17, 15) is 4.79 Å². The number of ketones is 1. The van der Waals surface area contributed by atoms with Crippen molar-refractivity contribution in [2.45, 2.75) is 36.8 Å². The Morgan fingerprint density at radius 3 is 2.53 bits per heavy atom. The second-order valence-corrected chi connectivity index (χ2v) is 7.03. The van der Waals surface area contributed by atoms with E-state index in [4.69, 9.17) is 0 Å². The third-order valence-corrected chi connectivity index (χ3v) is 4.82. The highest BCUT2D eigenvalue weighted by atomic mass is 32.2. The van der Waals surface area contributed by atoms with Crippen molar-refractivity contribution in [2.75, 3.05) is 0 Å². The molecule has 1 unspecified atom stereocenters. The van der Waals surface area contributed by atoms with E-state index in [1.165, 1.54) is 28.7 Å². The van der Waals surface area contributed by atoms with Crippen molar-refractivity contribution in [3.05, 3.63) is 40.4 Å². The fourth-order valence-electron chi connectivity index (χ4n) is 1.67. The molecular weight excluding hydrogens is 276 g/mol. The molecule has 0 bridgehead atoms. The summed E-state index contributed by atoms with van der Waals surface area (Å²) in [6, 6.07) is 7.84. The summed E-state index contributed by atoms with van der Waals surface area (Å²) in [4.78, 5) is 12.3. The Hall–Kier alpha value is -1.20. The maximum atomic E-state index is 12.3. The minimum absolute atomic E-state index is 0.139. The zero-order chi connectivity index (χ0) is 13.8. The quantitative estimate of drug-likeness (QED) is 0.621. The average molecular weight is 292 g/mol. The van der Waals surface area contributed by atoms with Gasteiger partial charge in [0.2, 0.25) is 0 Å². The lowest BCUT2D eigenvalue weighted by atomic mass is 10.1. The van der Waals surface area contributed by atoms with Crippen LogP contribution in [0, 0.1) is 6.92 Å². The molecule has 0 spiro atoms. The van der Waals surface area contributed by atoms with Crippen molar-refractivity contribution < 1.29 is 4.79 Å². The number of carbonyl (C=O) groups excluding carboxylic acids is 1. The third-order valence-electron chi connectivity index (χ3n) is 2.80. The summed E-state index contributed by atoms with van der Waals surface area (Å²) in [5.74, 6) is 0.139. The molecule has 5 heteroatoms. The normalized spacial score (nSPS) is 12.4. The van der Waals surface area contributed by atoms with Gasteiger partial charge in [-0.2, -0.15) is 0 Å². The monoisotopic (exact) mass is 292 g/mol. The number of benzene rings is 1. The van der Waals surface area contributed by atoms with E-state index in [0.717, 1.165) is 21.3 Å². The van der Waals surface area contributed by atoms with Crippen molar-refractivity contribution in [1.82, 2.24) is 10.2 Å². The Balaban J connectivity index is 2.05. The van der Waals surface area contributed by atoms with Crippen LogP contribution in [0.15, 0.2) is 28.6 Å². The van der Waals surface area contributed by atoms with Crippen LogP contribution in [0.25, 0.3) is 0 Å². The zero-order valence-electron chi connectivity index (χ0n) is 11.2. The van der Waals surface area contributed by atoms with Gasteiger partial charge in [0.05, 0.1) is 5.25 Å². The molecule has 2 aromatic rings. The van der Waals surface area contributed by atoms with E-state index in [2.05, 4.69) is 17.1 Å². The highest BCUT2D eigenvalue weighted by molar-refractivity contribution is 8.02. The van der Waals surface area contributed by atoms with Crippen LogP contribution in [0.2, 0.25) is 0 Å². The van der Waals surface area contributed by atoms with Crippen molar-refractivity contribution in [3.63, 3.8) is 0 Å². The van der Waals surface area contributed by atoms with Gasteiger partial charge in [0.15, 0.2) is 10.1 Å². The Kier molecular flexibility index (Phi) is 4.71. The maximum absolute atomic E-state index is 12.3. The molecule has 0 saturated carbocycles. The number of nitrogens with zero attached hydrogens (tertiary/aromatic N) is 2. The van der Waals surface area contributed by atoms with Gasteiger partial charge in [0, 0.05) is 5.56 Å². The van der Waals surface area contributed by atoms with Gasteiger partial charge >= 0.3 is 0 Å². The molecule has 100 valence electrons. The summed E-state index contributed by atoms with van der Waals surface area (Å²) >= 11 is 3.00. The van der Waals surface area contributed by atoms with Gasteiger partial charge in [0.25, 0.3) is 0 Å². The van der Waals surface area contributed by atoms with Crippen molar-refractivity contribution in [2.24, 2.45) is 0 Å². The molecule has 0 saturated heterocycles. The molecule has 0 radical (unpaired) electrons. The second kappa shape index (κ2) is 6.30. The smallest absolute Gasteiger partial charge is 0.175 e. The first-order chi connectivity index (χ1) is 9.10. The number of aryl methyl sites for hydroxylation is 2. The summed E-state index contributed by atoms with van der Waals surface area (Å²) in [7, 11) is 0. The van der Waals surface area contributed by atoms with E-state index >= 15 is 0 Å². The van der Waals surface area contributed by atoms with Crippen molar-refractivity contribution in [3.8, 4) is 0 Å². The highest BCUT2D eigenvalue weighted by Crippen LogP contribution is 2.28. The predicted molar refractivity (Wildman–Crippen MR) is 80.1 cm³/mol. The SMILES string of the molecule is CCc1ccc(C(=O)C(C)Sc2nnc(C)s2)cc1. The molecule has 19 heavy (non-hydrogen) atoms. The summed E-state index contributed by atoms with van der Waals surface area (Å²) in [5.41, 5.74) is 2.01. The predicted octanol–water partition coefficient (Wildman–Crippen LogP) is 3.77. The van der Waals surface area contributed by atoms with E-state index < -0.39 is 0 Å². The van der Waals surface area contributed by atoms with Crippen LogP contribution >= 0.6 is 23.1 Å². The Morgan fingerprint density at radius 2 is 2.00 bits per heavy atom. The minimum atomic E-state index is -0.139. The maximum Gasteiger partial charge on any atom is 0.175 e. The zero-order valence-corrected chi connectivity index (χ0v) is 12.8. The molecule has 0 N–H and O–H groups in total. The van der Waals surface area contributed by atoms with E-state index in [-0.39, 0.29) is 11.0 Å². The second-order valence-electron chi connectivity index (χ2n) is 4.26. The van der Waals surface area contributed by atoms with Gasteiger partial charge in [-0.25, -0.2) is 0 Å². The summed E-state index contributed by atoms with van der Waals surface area (Å²) in [6.45, 7) is 5.93. The first-order valence-corrected chi connectivity index (χ1v) is 7.89. The van der Waals surface area contributed by atoms with Crippen LogP contribution in [-0.4, -0.2) is 21.2 Å². The van der Waals surface area contributed by atoms with E-state index in [1.807, 2.05) is 38.1 Å². The van der Waals surface area contributed by atoms with Gasteiger partial charge in [-0.15, -0.1) is 10.2 Å². The number of thioether (sulfide) groups is 1. The van der Waals surface area contributed by atoms with Crippen molar-refractivity contribution >= 4 is 28.9 Å². The molecule has 0 aliphatic rings. The standard InChI is InChI=1S/C14H16N2OS2/c1-4-11-5-7-12(8-6-11)13(17)9(2)18-14-16-15-10(3)19-14/h5-9H,4H2,1-3H3. The summed E-state index contributed by atoms with van der Waals surface area (Å²) in [6.07, 6.45) is 0.989. The molecular formula is C14H16N2OS2. The number of hydrogen-bond acceptors (Lipinski definition) is 5. The summed E-state index contributed by atoms with van der Waals surface area (Å²) < 4.78 is 0.850. The van der Waals surface area contributed by atoms with Gasteiger partial charge in [0.1, 0.15) is 5.01 Å². The molecule has 1 atom stereocenters. The molecule has 0 amide bonds. The van der Waals surface area contributed by atoms with Crippen LogP contribution in [0.1, 0.15) is 34.8 Å². The lowest BCUT2D eigenvalue weighted by molar-refractivity contribution is 0.0994.